The molecule has 0 aliphatic carbocycles. The average Bonchev–Trinajstić information content (AvgIpc) is 2.37. The van der Waals surface area contributed by atoms with Crippen LogP contribution in [0.15, 0.2) is 41.8 Å². The molecule has 18 heavy (non-hydrogen) atoms. The van der Waals surface area contributed by atoms with Crippen molar-refractivity contribution >= 4 is 24.3 Å². The summed E-state index contributed by atoms with van der Waals surface area (Å²) in [5, 5.41) is 18.8. The zero-order valence-electron chi connectivity index (χ0n) is 9.32. The third kappa shape index (κ3) is 3.53. The maximum absolute atomic E-state index is 13.3. The van der Waals surface area contributed by atoms with Crippen LogP contribution >= 0.6 is 11.8 Å². The van der Waals surface area contributed by atoms with Gasteiger partial charge in [-0.1, -0.05) is 6.07 Å². The van der Waals surface area contributed by atoms with Crippen LogP contribution in [-0.2, 0) is 5.75 Å². The fourth-order valence-corrected chi connectivity index (χ4v) is 2.18. The number of hydrogen-bond acceptors (Lipinski definition) is 5. The first kappa shape index (κ1) is 13.0. The van der Waals surface area contributed by atoms with E-state index in [0.717, 1.165) is 11.1 Å². The summed E-state index contributed by atoms with van der Waals surface area (Å²) in [7, 11) is -1.67. The molecule has 2 rings (SSSR count). The third-order valence-corrected chi connectivity index (χ3v) is 3.19. The topological polar surface area (TPSA) is 66.2 Å². The van der Waals surface area contributed by atoms with E-state index in [0.29, 0.717) is 11.3 Å². The van der Waals surface area contributed by atoms with Crippen molar-refractivity contribution in [2.45, 2.75) is 10.8 Å². The molecular formula is C11H10BFN2O2S. The first-order chi connectivity index (χ1) is 8.65. The number of benzene rings is 1. The highest BCUT2D eigenvalue weighted by atomic mass is 32.2. The highest BCUT2D eigenvalue weighted by Crippen LogP contribution is 2.19. The maximum atomic E-state index is 13.3. The minimum absolute atomic E-state index is 0.143. The Hall–Kier alpha value is -1.44. The lowest BCUT2D eigenvalue weighted by Gasteiger charge is -2.05. The molecule has 0 atom stereocenters. The lowest BCUT2D eigenvalue weighted by atomic mass is 9.79. The second-order valence-corrected chi connectivity index (χ2v) is 4.59. The molecule has 0 bridgehead atoms. The summed E-state index contributed by atoms with van der Waals surface area (Å²) in [5.41, 5.74) is 0.804. The van der Waals surface area contributed by atoms with Crippen molar-refractivity contribution in [1.29, 1.82) is 0 Å². The Balaban J connectivity index is 2.10. The molecule has 2 aromatic rings. The predicted octanol–water partition coefficient (Wildman–Crippen LogP) is 0.588. The molecule has 0 spiro atoms. The molecule has 0 saturated heterocycles. The van der Waals surface area contributed by atoms with Crippen LogP contribution in [0.25, 0.3) is 0 Å². The average molecular weight is 264 g/mol. The van der Waals surface area contributed by atoms with E-state index >= 15 is 0 Å². The monoisotopic (exact) mass is 264 g/mol. The van der Waals surface area contributed by atoms with E-state index in [1.54, 1.807) is 24.7 Å². The second kappa shape index (κ2) is 5.95. The van der Waals surface area contributed by atoms with Gasteiger partial charge < -0.3 is 10.0 Å². The van der Waals surface area contributed by atoms with Crippen LogP contribution in [0.1, 0.15) is 5.56 Å². The van der Waals surface area contributed by atoms with Crippen molar-refractivity contribution in [3.05, 3.63) is 48.2 Å². The first-order valence-electron chi connectivity index (χ1n) is 5.19. The van der Waals surface area contributed by atoms with Crippen molar-refractivity contribution in [2.75, 3.05) is 0 Å². The molecule has 0 aliphatic heterocycles. The van der Waals surface area contributed by atoms with E-state index in [9.17, 15) is 4.39 Å². The van der Waals surface area contributed by atoms with E-state index in [-0.39, 0.29) is 5.46 Å². The van der Waals surface area contributed by atoms with Gasteiger partial charge in [0.05, 0.1) is 6.20 Å². The number of halogens is 1. The van der Waals surface area contributed by atoms with Crippen molar-refractivity contribution in [1.82, 2.24) is 9.97 Å². The Morgan fingerprint density at radius 3 is 2.72 bits per heavy atom. The van der Waals surface area contributed by atoms with Gasteiger partial charge >= 0.3 is 7.12 Å². The standard InChI is InChI=1S/C11H10BFN2O2S/c13-10-4-8(3-9(5-10)12(16)17)7-18-11-6-14-1-2-15-11/h1-6,16-17H,7H2. The summed E-state index contributed by atoms with van der Waals surface area (Å²) in [6.07, 6.45) is 4.77. The summed E-state index contributed by atoms with van der Waals surface area (Å²) in [6, 6.07) is 4.01. The van der Waals surface area contributed by atoms with Crippen molar-refractivity contribution in [2.24, 2.45) is 0 Å². The Kier molecular flexibility index (Phi) is 4.30. The highest BCUT2D eigenvalue weighted by Gasteiger charge is 2.13. The van der Waals surface area contributed by atoms with Crippen LogP contribution < -0.4 is 5.46 Å². The second-order valence-electron chi connectivity index (χ2n) is 3.60. The Labute approximate surface area is 108 Å². The molecule has 92 valence electrons. The van der Waals surface area contributed by atoms with Gasteiger partial charge in [0.25, 0.3) is 0 Å². The number of thioether (sulfide) groups is 1. The van der Waals surface area contributed by atoms with Gasteiger partial charge in [-0.05, 0) is 23.2 Å². The van der Waals surface area contributed by atoms with Gasteiger partial charge in [0, 0.05) is 18.1 Å². The highest BCUT2D eigenvalue weighted by molar-refractivity contribution is 7.98. The Morgan fingerprint density at radius 2 is 2.06 bits per heavy atom. The van der Waals surface area contributed by atoms with Gasteiger partial charge in [-0.15, -0.1) is 11.8 Å². The molecule has 0 radical (unpaired) electrons. The normalized spacial score (nSPS) is 10.4. The van der Waals surface area contributed by atoms with Crippen LogP contribution in [-0.4, -0.2) is 27.1 Å². The lowest BCUT2D eigenvalue weighted by Crippen LogP contribution is -2.30. The van der Waals surface area contributed by atoms with Gasteiger partial charge in [0.2, 0.25) is 0 Å². The summed E-state index contributed by atoms with van der Waals surface area (Å²) in [5.74, 6) is -0.00811. The van der Waals surface area contributed by atoms with Gasteiger partial charge in [0.1, 0.15) is 10.8 Å². The van der Waals surface area contributed by atoms with Crippen LogP contribution in [0.2, 0.25) is 0 Å². The molecule has 0 saturated carbocycles. The van der Waals surface area contributed by atoms with Gasteiger partial charge in [0.15, 0.2) is 0 Å². The van der Waals surface area contributed by atoms with Crippen molar-refractivity contribution in [3.63, 3.8) is 0 Å². The van der Waals surface area contributed by atoms with E-state index in [1.807, 2.05) is 0 Å². The summed E-state index contributed by atoms with van der Waals surface area (Å²) < 4.78 is 13.3. The van der Waals surface area contributed by atoms with E-state index in [4.69, 9.17) is 10.0 Å². The van der Waals surface area contributed by atoms with Crippen LogP contribution in [0, 0.1) is 5.82 Å². The van der Waals surface area contributed by atoms with Gasteiger partial charge in [-0.2, -0.15) is 0 Å². The molecule has 4 nitrogen and oxygen atoms in total. The largest absolute Gasteiger partial charge is 0.488 e. The van der Waals surface area contributed by atoms with Crippen LogP contribution in [0.3, 0.4) is 0 Å². The number of aromatic nitrogens is 2. The zero-order chi connectivity index (χ0) is 13.0. The molecule has 2 N–H and O–H groups in total. The number of hydrogen-bond donors (Lipinski definition) is 2. The minimum Gasteiger partial charge on any atom is -0.423 e. The zero-order valence-corrected chi connectivity index (χ0v) is 10.1. The molecule has 1 aromatic carbocycles. The van der Waals surface area contributed by atoms with E-state index < -0.39 is 12.9 Å². The lowest BCUT2D eigenvalue weighted by molar-refractivity contribution is 0.425. The Bertz CT molecular complexity index is 528. The predicted molar refractivity (Wildman–Crippen MR) is 67.8 cm³/mol. The number of rotatable bonds is 4. The van der Waals surface area contributed by atoms with Crippen LogP contribution in [0.5, 0.6) is 0 Å². The molecule has 7 heteroatoms. The molecule has 1 heterocycles. The van der Waals surface area contributed by atoms with Crippen LogP contribution in [0.4, 0.5) is 4.39 Å². The Morgan fingerprint density at radius 1 is 1.22 bits per heavy atom. The molecule has 0 amide bonds. The molecule has 1 aromatic heterocycles. The molecule has 0 fully saturated rings. The quantitative estimate of drug-likeness (QED) is 0.625. The first-order valence-corrected chi connectivity index (χ1v) is 6.18. The summed E-state index contributed by atoms with van der Waals surface area (Å²) in [4.78, 5) is 8.00. The van der Waals surface area contributed by atoms with Crippen molar-refractivity contribution in [3.8, 4) is 0 Å². The fraction of sp³-hybridized carbons (Fsp3) is 0.0909. The van der Waals surface area contributed by atoms with Crippen molar-refractivity contribution < 1.29 is 14.4 Å². The third-order valence-electron chi connectivity index (χ3n) is 2.20. The number of nitrogens with zero attached hydrogens (tertiary/aromatic N) is 2. The summed E-state index contributed by atoms with van der Waals surface area (Å²) >= 11 is 1.40. The van der Waals surface area contributed by atoms with E-state index in [2.05, 4.69) is 9.97 Å². The minimum atomic E-state index is -1.67. The molecule has 0 aliphatic rings. The SMILES string of the molecule is OB(O)c1cc(F)cc(CSc2cnccn2)c1. The molecule has 0 unspecified atom stereocenters. The summed E-state index contributed by atoms with van der Waals surface area (Å²) in [6.45, 7) is 0. The van der Waals surface area contributed by atoms with Gasteiger partial charge in [-0.25, -0.2) is 9.37 Å². The smallest absolute Gasteiger partial charge is 0.423 e. The fourth-order valence-electron chi connectivity index (χ4n) is 1.43. The van der Waals surface area contributed by atoms with E-state index in [1.165, 1.54) is 17.8 Å². The molecular weight excluding hydrogens is 254 g/mol. The maximum Gasteiger partial charge on any atom is 0.488 e. The van der Waals surface area contributed by atoms with Gasteiger partial charge in [-0.3, -0.25) is 4.98 Å².